The van der Waals surface area contributed by atoms with Gasteiger partial charge >= 0.3 is 0 Å². The van der Waals surface area contributed by atoms with Crippen molar-refractivity contribution in [2.24, 2.45) is 5.41 Å². The predicted molar refractivity (Wildman–Crippen MR) is 66.1 cm³/mol. The van der Waals surface area contributed by atoms with Crippen LogP contribution in [0.15, 0.2) is 24.3 Å². The molecule has 0 heterocycles. The van der Waals surface area contributed by atoms with Crippen molar-refractivity contribution < 1.29 is 9.47 Å². The third kappa shape index (κ3) is 4.04. The van der Waals surface area contributed by atoms with E-state index in [1.165, 1.54) is 0 Å². The third-order valence-electron chi connectivity index (χ3n) is 2.12. The molecule has 84 valence electrons. The minimum atomic E-state index is 0.100. The Bertz CT molecular complexity index is 293. The fourth-order valence-corrected chi connectivity index (χ4v) is 1.09. The van der Waals surface area contributed by atoms with E-state index in [1.54, 1.807) is 7.11 Å². The fourth-order valence-electron chi connectivity index (χ4n) is 0.996. The zero-order chi connectivity index (χ0) is 11.3. The highest BCUT2D eigenvalue weighted by Crippen LogP contribution is 2.21. The van der Waals surface area contributed by atoms with Gasteiger partial charge in [-0.15, -0.1) is 0 Å². The molecule has 0 saturated heterocycles. The summed E-state index contributed by atoms with van der Waals surface area (Å²) < 4.78 is 10.7. The van der Waals surface area contributed by atoms with E-state index in [9.17, 15) is 0 Å². The molecule has 0 aliphatic heterocycles. The van der Waals surface area contributed by atoms with Crippen LogP contribution in [0.5, 0.6) is 11.5 Å². The number of benzene rings is 1. The zero-order valence-electron chi connectivity index (χ0n) is 9.49. The van der Waals surface area contributed by atoms with Crippen LogP contribution in [0.3, 0.4) is 0 Å². The largest absolute Gasteiger partial charge is 0.497 e. The average Bonchev–Trinajstić information content (AvgIpc) is 2.27. The third-order valence-corrected chi connectivity index (χ3v) is 2.97. The molecule has 15 heavy (non-hydrogen) atoms. The quantitative estimate of drug-likeness (QED) is 0.778. The SMILES string of the molecule is COc1ccc(OCC(C)(C)CS)cc1. The lowest BCUT2D eigenvalue weighted by atomic mass is 9.98. The zero-order valence-corrected chi connectivity index (χ0v) is 10.4. The van der Waals surface area contributed by atoms with Crippen molar-refractivity contribution in [2.45, 2.75) is 13.8 Å². The lowest BCUT2D eigenvalue weighted by Gasteiger charge is -2.22. The van der Waals surface area contributed by atoms with Crippen molar-refractivity contribution in [3.63, 3.8) is 0 Å². The first-order chi connectivity index (χ1) is 7.07. The molecule has 1 rings (SSSR count). The Labute approximate surface area is 97.0 Å². The summed E-state index contributed by atoms with van der Waals surface area (Å²) in [4.78, 5) is 0. The molecule has 0 N–H and O–H groups in total. The molecule has 0 atom stereocenters. The lowest BCUT2D eigenvalue weighted by Crippen LogP contribution is -2.23. The van der Waals surface area contributed by atoms with Crippen LogP contribution < -0.4 is 9.47 Å². The maximum absolute atomic E-state index is 5.66. The van der Waals surface area contributed by atoms with Crippen molar-refractivity contribution in [3.8, 4) is 11.5 Å². The molecule has 0 fully saturated rings. The summed E-state index contributed by atoms with van der Waals surface area (Å²) in [5.74, 6) is 2.52. The summed E-state index contributed by atoms with van der Waals surface area (Å²) in [6, 6.07) is 7.60. The van der Waals surface area contributed by atoms with Gasteiger partial charge < -0.3 is 9.47 Å². The van der Waals surface area contributed by atoms with E-state index in [-0.39, 0.29) is 5.41 Å². The summed E-state index contributed by atoms with van der Waals surface area (Å²) in [6.07, 6.45) is 0. The predicted octanol–water partition coefficient (Wildman–Crippen LogP) is 3.03. The number of methoxy groups -OCH3 is 1. The molecule has 3 heteroatoms. The highest BCUT2D eigenvalue weighted by Gasteiger charge is 2.16. The van der Waals surface area contributed by atoms with Crippen molar-refractivity contribution in [2.75, 3.05) is 19.5 Å². The van der Waals surface area contributed by atoms with E-state index in [0.717, 1.165) is 17.3 Å². The number of hydrogen-bond acceptors (Lipinski definition) is 3. The number of hydrogen-bond donors (Lipinski definition) is 1. The van der Waals surface area contributed by atoms with Gasteiger partial charge in [-0.3, -0.25) is 0 Å². The Balaban J connectivity index is 2.51. The molecule has 0 amide bonds. The Morgan fingerprint density at radius 3 is 2.13 bits per heavy atom. The molecule has 2 nitrogen and oxygen atoms in total. The Morgan fingerprint density at radius 2 is 1.67 bits per heavy atom. The molecule has 0 bridgehead atoms. The van der Waals surface area contributed by atoms with Gasteiger partial charge in [0.1, 0.15) is 11.5 Å². The van der Waals surface area contributed by atoms with Gasteiger partial charge in [-0.1, -0.05) is 13.8 Å². The lowest BCUT2D eigenvalue weighted by molar-refractivity contribution is 0.202. The van der Waals surface area contributed by atoms with Gasteiger partial charge in [0.2, 0.25) is 0 Å². The van der Waals surface area contributed by atoms with Gasteiger partial charge in [0.05, 0.1) is 13.7 Å². The van der Waals surface area contributed by atoms with Crippen LogP contribution in [0.2, 0.25) is 0 Å². The van der Waals surface area contributed by atoms with Crippen molar-refractivity contribution >= 4 is 12.6 Å². The highest BCUT2D eigenvalue weighted by atomic mass is 32.1. The van der Waals surface area contributed by atoms with Gasteiger partial charge in [0, 0.05) is 5.41 Å². The average molecular weight is 226 g/mol. The first kappa shape index (κ1) is 12.2. The van der Waals surface area contributed by atoms with Crippen LogP contribution in [0.4, 0.5) is 0 Å². The first-order valence-electron chi connectivity index (χ1n) is 4.95. The maximum Gasteiger partial charge on any atom is 0.119 e. The first-order valence-corrected chi connectivity index (χ1v) is 5.58. The summed E-state index contributed by atoms with van der Waals surface area (Å²) in [5.41, 5.74) is 0.100. The van der Waals surface area contributed by atoms with Gasteiger partial charge in [0.25, 0.3) is 0 Å². The second-order valence-corrected chi connectivity index (χ2v) is 4.60. The second kappa shape index (κ2) is 5.31. The second-order valence-electron chi connectivity index (χ2n) is 4.29. The van der Waals surface area contributed by atoms with Crippen LogP contribution in [0.1, 0.15) is 13.8 Å². The molecular weight excluding hydrogens is 208 g/mol. The van der Waals surface area contributed by atoms with Gasteiger partial charge in [-0.05, 0) is 30.0 Å². The van der Waals surface area contributed by atoms with Crippen LogP contribution in [-0.2, 0) is 0 Å². The maximum atomic E-state index is 5.66. The normalized spacial score (nSPS) is 11.2. The smallest absolute Gasteiger partial charge is 0.119 e. The standard InChI is InChI=1S/C12H18O2S/c1-12(2,9-15)8-14-11-6-4-10(13-3)5-7-11/h4-7,15H,8-9H2,1-3H3. The van der Waals surface area contributed by atoms with Crippen molar-refractivity contribution in [1.29, 1.82) is 0 Å². The van der Waals surface area contributed by atoms with Gasteiger partial charge in [-0.2, -0.15) is 12.6 Å². The number of thiol groups is 1. The molecular formula is C12H18O2S. The van der Waals surface area contributed by atoms with Crippen molar-refractivity contribution in [3.05, 3.63) is 24.3 Å². The Kier molecular flexibility index (Phi) is 4.33. The molecule has 0 radical (unpaired) electrons. The highest BCUT2D eigenvalue weighted by molar-refractivity contribution is 7.80. The molecule has 1 aromatic carbocycles. The molecule has 0 spiro atoms. The minimum Gasteiger partial charge on any atom is -0.497 e. The van der Waals surface area contributed by atoms with E-state index in [4.69, 9.17) is 9.47 Å². The van der Waals surface area contributed by atoms with Crippen LogP contribution in [0.25, 0.3) is 0 Å². The van der Waals surface area contributed by atoms with Gasteiger partial charge in [0.15, 0.2) is 0 Å². The summed E-state index contributed by atoms with van der Waals surface area (Å²) in [6.45, 7) is 4.93. The molecule has 0 aliphatic rings. The molecule has 0 unspecified atom stereocenters. The Hall–Kier alpha value is -0.830. The van der Waals surface area contributed by atoms with Crippen LogP contribution in [0, 0.1) is 5.41 Å². The molecule has 0 aromatic heterocycles. The minimum absolute atomic E-state index is 0.100. The van der Waals surface area contributed by atoms with E-state index in [2.05, 4.69) is 26.5 Å². The number of ether oxygens (including phenoxy) is 2. The Morgan fingerprint density at radius 1 is 1.13 bits per heavy atom. The van der Waals surface area contributed by atoms with Crippen molar-refractivity contribution in [1.82, 2.24) is 0 Å². The topological polar surface area (TPSA) is 18.5 Å². The van der Waals surface area contributed by atoms with Gasteiger partial charge in [-0.25, -0.2) is 0 Å². The van der Waals surface area contributed by atoms with Crippen LogP contribution in [-0.4, -0.2) is 19.5 Å². The van der Waals surface area contributed by atoms with E-state index in [0.29, 0.717) is 6.61 Å². The van der Waals surface area contributed by atoms with E-state index >= 15 is 0 Å². The molecule has 0 aliphatic carbocycles. The summed E-state index contributed by atoms with van der Waals surface area (Å²) in [7, 11) is 1.65. The summed E-state index contributed by atoms with van der Waals surface area (Å²) >= 11 is 4.28. The van der Waals surface area contributed by atoms with E-state index < -0.39 is 0 Å². The van der Waals surface area contributed by atoms with Crippen LogP contribution >= 0.6 is 12.6 Å². The molecule has 1 aromatic rings. The summed E-state index contributed by atoms with van der Waals surface area (Å²) in [5, 5.41) is 0. The monoisotopic (exact) mass is 226 g/mol. The fraction of sp³-hybridized carbons (Fsp3) is 0.500. The number of rotatable bonds is 5. The molecule has 0 saturated carbocycles. The van der Waals surface area contributed by atoms with E-state index in [1.807, 2.05) is 24.3 Å².